The highest BCUT2D eigenvalue weighted by molar-refractivity contribution is 6.00. The van der Waals surface area contributed by atoms with Crippen LogP contribution < -0.4 is 9.64 Å². The van der Waals surface area contributed by atoms with E-state index in [9.17, 15) is 22.8 Å². The summed E-state index contributed by atoms with van der Waals surface area (Å²) in [6, 6.07) is 5.45. The van der Waals surface area contributed by atoms with E-state index in [1.165, 1.54) is 23.1 Å². The van der Waals surface area contributed by atoms with E-state index in [4.69, 9.17) is 4.74 Å². The fourth-order valence-corrected chi connectivity index (χ4v) is 3.82. The summed E-state index contributed by atoms with van der Waals surface area (Å²) in [5.41, 5.74) is -0.807. The molecule has 0 bridgehead atoms. The van der Waals surface area contributed by atoms with Gasteiger partial charge in [0.1, 0.15) is 11.4 Å². The van der Waals surface area contributed by atoms with Crippen molar-refractivity contribution in [1.82, 2.24) is 4.90 Å². The van der Waals surface area contributed by atoms with E-state index >= 15 is 0 Å². The van der Waals surface area contributed by atoms with Crippen LogP contribution in [0.4, 0.5) is 23.7 Å². The maximum atomic E-state index is 13.1. The van der Waals surface area contributed by atoms with Gasteiger partial charge in [-0.05, 0) is 52.2 Å². The second-order valence-corrected chi connectivity index (χ2v) is 8.50. The molecule has 3 rings (SSSR count). The average Bonchev–Trinajstić information content (AvgIpc) is 2.89. The van der Waals surface area contributed by atoms with Crippen LogP contribution in [0.5, 0.6) is 5.75 Å². The number of benzene rings is 1. The molecule has 2 fully saturated rings. The molecule has 2 saturated heterocycles. The number of nitrogens with zero attached hydrogens (tertiary/aromatic N) is 2. The molecule has 0 unspecified atom stereocenters. The van der Waals surface area contributed by atoms with E-state index in [1.807, 2.05) is 0 Å². The van der Waals surface area contributed by atoms with Crippen molar-refractivity contribution in [2.24, 2.45) is 5.41 Å². The minimum atomic E-state index is -4.79. The molecule has 2 amide bonds. The molecule has 0 N–H and O–H groups in total. The maximum Gasteiger partial charge on any atom is 0.573 e. The summed E-state index contributed by atoms with van der Waals surface area (Å²) in [6.45, 7) is 6.63. The van der Waals surface area contributed by atoms with Crippen LogP contribution in [-0.4, -0.2) is 48.5 Å². The smallest absolute Gasteiger partial charge is 0.444 e. The Morgan fingerprint density at radius 3 is 2.28 bits per heavy atom. The molecule has 1 aromatic carbocycles. The first kappa shape index (κ1) is 21.3. The van der Waals surface area contributed by atoms with Crippen LogP contribution in [0.1, 0.15) is 40.0 Å². The topological polar surface area (TPSA) is 59.1 Å². The molecule has 0 aromatic heterocycles. The molecule has 1 spiro atoms. The summed E-state index contributed by atoms with van der Waals surface area (Å²) < 4.78 is 46.8. The van der Waals surface area contributed by atoms with Gasteiger partial charge in [-0.2, -0.15) is 0 Å². The molecule has 0 saturated carbocycles. The van der Waals surface area contributed by atoms with Crippen LogP contribution in [0.2, 0.25) is 0 Å². The van der Waals surface area contributed by atoms with Crippen LogP contribution in [-0.2, 0) is 9.53 Å². The highest BCUT2D eigenvalue weighted by atomic mass is 19.4. The predicted molar refractivity (Wildman–Crippen MR) is 99.6 cm³/mol. The highest BCUT2D eigenvalue weighted by Crippen LogP contribution is 2.43. The number of hydrogen-bond donors (Lipinski definition) is 0. The summed E-state index contributed by atoms with van der Waals surface area (Å²) >= 11 is 0. The molecule has 0 atom stereocenters. The first-order chi connectivity index (χ1) is 13.4. The molecule has 29 heavy (non-hydrogen) atoms. The van der Waals surface area contributed by atoms with Crippen LogP contribution in [0.15, 0.2) is 24.3 Å². The van der Waals surface area contributed by atoms with E-state index in [2.05, 4.69) is 4.74 Å². The third kappa shape index (κ3) is 4.94. The lowest BCUT2D eigenvalue weighted by molar-refractivity contribution is -0.274. The minimum Gasteiger partial charge on any atom is -0.444 e. The van der Waals surface area contributed by atoms with E-state index in [1.54, 1.807) is 31.7 Å². The zero-order chi connectivity index (χ0) is 21.4. The van der Waals surface area contributed by atoms with Crippen LogP contribution >= 0.6 is 0 Å². The Morgan fingerprint density at radius 2 is 1.69 bits per heavy atom. The number of carbonyl (C=O) groups excluding carboxylic acids is 2. The van der Waals surface area contributed by atoms with Gasteiger partial charge in [0, 0.05) is 31.4 Å². The monoisotopic (exact) mass is 414 g/mol. The molecule has 0 radical (unpaired) electrons. The number of amides is 2. The van der Waals surface area contributed by atoms with E-state index in [0.29, 0.717) is 44.6 Å². The number of halogens is 3. The minimum absolute atomic E-state index is 0.120. The van der Waals surface area contributed by atoms with Crippen molar-refractivity contribution in [3.8, 4) is 5.75 Å². The number of piperidine rings is 1. The lowest BCUT2D eigenvalue weighted by Gasteiger charge is -2.38. The van der Waals surface area contributed by atoms with Gasteiger partial charge in [-0.25, -0.2) is 4.79 Å². The molecule has 1 aromatic rings. The number of ether oxygens (including phenoxy) is 2. The third-order valence-electron chi connectivity index (χ3n) is 5.25. The van der Waals surface area contributed by atoms with E-state index < -0.39 is 23.5 Å². The van der Waals surface area contributed by atoms with Gasteiger partial charge in [0.2, 0.25) is 5.91 Å². The molecule has 2 aliphatic rings. The molecule has 9 heteroatoms. The standard InChI is InChI=1S/C20H25F3N2O4/c1-18(2,3)29-17(27)24-10-7-19(8-11-24)9-12-25(16(19)26)14-5-4-6-15(13-14)28-20(21,22)23/h4-6,13H,7-12H2,1-3H3. The Hall–Kier alpha value is -2.45. The highest BCUT2D eigenvalue weighted by Gasteiger charge is 2.49. The second kappa shape index (κ2) is 7.42. The van der Waals surface area contributed by atoms with Crippen LogP contribution in [0.25, 0.3) is 0 Å². The first-order valence-electron chi connectivity index (χ1n) is 9.54. The van der Waals surface area contributed by atoms with Crippen LogP contribution in [0, 0.1) is 5.41 Å². The molecule has 6 nitrogen and oxygen atoms in total. The van der Waals surface area contributed by atoms with Gasteiger partial charge < -0.3 is 19.3 Å². The van der Waals surface area contributed by atoms with Crippen molar-refractivity contribution in [2.45, 2.75) is 52.0 Å². The number of hydrogen-bond acceptors (Lipinski definition) is 4. The Labute approximate surface area is 167 Å². The van der Waals surface area contributed by atoms with E-state index in [-0.39, 0.29) is 11.7 Å². The van der Waals surface area contributed by atoms with Gasteiger partial charge >= 0.3 is 12.5 Å². The van der Waals surface area contributed by atoms with Crippen molar-refractivity contribution in [1.29, 1.82) is 0 Å². The summed E-state index contributed by atoms with van der Waals surface area (Å²) in [6.07, 6.45) is -3.59. The molecular weight excluding hydrogens is 389 g/mol. The number of anilines is 1. The van der Waals surface area contributed by atoms with Gasteiger partial charge in [-0.1, -0.05) is 6.07 Å². The summed E-state index contributed by atoms with van der Waals surface area (Å²) in [5, 5.41) is 0. The lowest BCUT2D eigenvalue weighted by atomic mass is 9.77. The summed E-state index contributed by atoms with van der Waals surface area (Å²) in [7, 11) is 0. The van der Waals surface area contributed by atoms with Crippen LogP contribution in [0.3, 0.4) is 0 Å². The van der Waals surface area contributed by atoms with Crippen molar-refractivity contribution >= 4 is 17.7 Å². The normalized spacial score (nSPS) is 19.6. The van der Waals surface area contributed by atoms with Gasteiger partial charge in [-0.15, -0.1) is 13.2 Å². The molecule has 2 aliphatic heterocycles. The van der Waals surface area contributed by atoms with E-state index in [0.717, 1.165) is 0 Å². The second-order valence-electron chi connectivity index (χ2n) is 8.50. The zero-order valence-electron chi connectivity index (χ0n) is 16.7. The SMILES string of the molecule is CC(C)(C)OC(=O)N1CCC2(CC1)CCN(c1cccc(OC(F)(F)F)c1)C2=O. The van der Waals surface area contributed by atoms with Crippen molar-refractivity contribution in [2.75, 3.05) is 24.5 Å². The zero-order valence-corrected chi connectivity index (χ0v) is 16.7. The fraction of sp³-hybridized carbons (Fsp3) is 0.600. The molecule has 2 heterocycles. The number of rotatable bonds is 2. The lowest BCUT2D eigenvalue weighted by Crippen LogP contribution is -2.48. The van der Waals surface area contributed by atoms with Gasteiger partial charge in [0.15, 0.2) is 0 Å². The Morgan fingerprint density at radius 1 is 1.07 bits per heavy atom. The first-order valence-corrected chi connectivity index (χ1v) is 9.54. The summed E-state index contributed by atoms with van der Waals surface area (Å²) in [5.74, 6) is -0.478. The number of carbonyl (C=O) groups is 2. The third-order valence-corrected chi connectivity index (χ3v) is 5.25. The molecule has 160 valence electrons. The summed E-state index contributed by atoms with van der Waals surface area (Å²) in [4.78, 5) is 28.5. The molecular formula is C20H25F3N2O4. The predicted octanol–water partition coefficient (Wildman–Crippen LogP) is 4.34. The quantitative estimate of drug-likeness (QED) is 0.723. The number of alkyl halides is 3. The Balaban J connectivity index is 1.66. The largest absolute Gasteiger partial charge is 0.573 e. The maximum absolute atomic E-state index is 13.1. The van der Waals surface area contributed by atoms with Crippen molar-refractivity contribution < 1.29 is 32.2 Å². The Kier molecular flexibility index (Phi) is 5.44. The van der Waals surface area contributed by atoms with Crippen molar-refractivity contribution in [3.63, 3.8) is 0 Å². The Bertz CT molecular complexity index is 781. The van der Waals surface area contributed by atoms with Gasteiger partial charge in [0.05, 0.1) is 5.41 Å². The number of likely N-dealkylation sites (tertiary alicyclic amines) is 1. The van der Waals surface area contributed by atoms with Gasteiger partial charge in [-0.3, -0.25) is 4.79 Å². The van der Waals surface area contributed by atoms with Crippen molar-refractivity contribution in [3.05, 3.63) is 24.3 Å². The van der Waals surface area contributed by atoms with Gasteiger partial charge in [0.25, 0.3) is 0 Å². The molecule has 0 aliphatic carbocycles. The fourth-order valence-electron chi connectivity index (χ4n) is 3.82. The average molecular weight is 414 g/mol.